The van der Waals surface area contributed by atoms with Gasteiger partial charge in [-0.2, -0.15) is 0 Å². The summed E-state index contributed by atoms with van der Waals surface area (Å²) in [5, 5.41) is 10.8. The van der Waals surface area contributed by atoms with E-state index in [0.717, 1.165) is 6.08 Å². The highest BCUT2D eigenvalue weighted by Crippen LogP contribution is 2.19. The number of rotatable bonds is 5. The smallest absolute Gasteiger partial charge is 0.331 e. The molecule has 0 amide bonds. The van der Waals surface area contributed by atoms with Crippen molar-refractivity contribution in [1.82, 2.24) is 0 Å². The van der Waals surface area contributed by atoms with Crippen LogP contribution < -0.4 is 0 Å². The summed E-state index contributed by atoms with van der Waals surface area (Å²) in [4.78, 5) is 33.4. The Bertz CT molecular complexity index is 584. The van der Waals surface area contributed by atoms with Crippen LogP contribution in [0.5, 0.6) is 0 Å². The van der Waals surface area contributed by atoms with E-state index in [1.54, 1.807) is 26.8 Å². The van der Waals surface area contributed by atoms with Gasteiger partial charge in [0, 0.05) is 17.6 Å². The Morgan fingerprint density at radius 3 is 2.48 bits per heavy atom. The minimum Gasteiger partial charge on any atom is -0.455 e. The molecule has 0 aromatic heterocycles. The molecular formula is C15H17NO5. The highest BCUT2D eigenvalue weighted by Gasteiger charge is 2.22. The van der Waals surface area contributed by atoms with Crippen molar-refractivity contribution in [2.75, 3.05) is 6.61 Å². The summed E-state index contributed by atoms with van der Waals surface area (Å²) in [5.41, 5.74) is -0.392. The average Bonchev–Trinajstić information content (AvgIpc) is 2.41. The van der Waals surface area contributed by atoms with Crippen molar-refractivity contribution < 1.29 is 19.2 Å². The second-order valence-corrected chi connectivity index (χ2v) is 5.43. The highest BCUT2D eigenvalue weighted by molar-refractivity contribution is 5.91. The van der Waals surface area contributed by atoms with Gasteiger partial charge in [-0.3, -0.25) is 14.9 Å². The summed E-state index contributed by atoms with van der Waals surface area (Å²) in [6.45, 7) is 4.87. The summed E-state index contributed by atoms with van der Waals surface area (Å²) in [6, 6.07) is 6.02. The van der Waals surface area contributed by atoms with Crippen LogP contribution >= 0.6 is 0 Å². The van der Waals surface area contributed by atoms with Crippen LogP contribution in [-0.2, 0) is 14.3 Å². The zero-order chi connectivity index (χ0) is 16.0. The van der Waals surface area contributed by atoms with Crippen LogP contribution in [0.25, 0.3) is 6.08 Å². The lowest BCUT2D eigenvalue weighted by Crippen LogP contribution is -2.25. The van der Waals surface area contributed by atoms with Gasteiger partial charge < -0.3 is 4.74 Å². The van der Waals surface area contributed by atoms with Crippen LogP contribution in [0.15, 0.2) is 30.3 Å². The monoisotopic (exact) mass is 291 g/mol. The normalized spacial score (nSPS) is 11.4. The second kappa shape index (κ2) is 6.78. The van der Waals surface area contributed by atoms with Crippen molar-refractivity contribution in [2.45, 2.75) is 20.8 Å². The molecular weight excluding hydrogens is 274 g/mol. The van der Waals surface area contributed by atoms with Crippen molar-refractivity contribution in [3.8, 4) is 0 Å². The topological polar surface area (TPSA) is 86.5 Å². The van der Waals surface area contributed by atoms with Crippen LogP contribution in [0.4, 0.5) is 5.69 Å². The van der Waals surface area contributed by atoms with Crippen LogP contribution in [-0.4, -0.2) is 23.3 Å². The number of benzene rings is 1. The minimum atomic E-state index is -0.717. The van der Waals surface area contributed by atoms with Crippen LogP contribution in [0.2, 0.25) is 0 Å². The standard InChI is InChI=1S/C15H17NO5/c1-15(2,3)13(17)10-21-14(18)9-8-11-6-4-5-7-12(11)16(19)20/h4-9H,10H2,1-3H3. The lowest BCUT2D eigenvalue weighted by molar-refractivity contribution is -0.385. The number of Topliss-reactive ketones (excluding diaryl/α,β-unsaturated/α-hetero) is 1. The number of hydrogen-bond donors (Lipinski definition) is 0. The first-order chi connectivity index (χ1) is 9.71. The van der Waals surface area contributed by atoms with Gasteiger partial charge in [-0.25, -0.2) is 4.79 Å². The van der Waals surface area contributed by atoms with E-state index in [4.69, 9.17) is 4.74 Å². The van der Waals surface area contributed by atoms with E-state index in [1.807, 2.05) is 0 Å². The molecule has 1 rings (SSSR count). The van der Waals surface area contributed by atoms with E-state index in [1.165, 1.54) is 24.3 Å². The Morgan fingerprint density at radius 1 is 1.29 bits per heavy atom. The third kappa shape index (κ3) is 5.18. The Hall–Kier alpha value is -2.50. The van der Waals surface area contributed by atoms with Gasteiger partial charge in [0.2, 0.25) is 0 Å². The zero-order valence-electron chi connectivity index (χ0n) is 12.2. The molecule has 0 radical (unpaired) electrons. The maximum atomic E-state index is 11.6. The van der Waals surface area contributed by atoms with E-state index in [2.05, 4.69) is 0 Å². The van der Waals surface area contributed by atoms with Gasteiger partial charge in [-0.1, -0.05) is 32.9 Å². The Labute approximate surface area is 122 Å². The SMILES string of the molecule is CC(C)(C)C(=O)COC(=O)C=Cc1ccccc1[N+](=O)[O-]. The first kappa shape index (κ1) is 16.6. The van der Waals surface area contributed by atoms with E-state index < -0.39 is 16.3 Å². The molecule has 0 heterocycles. The summed E-state index contributed by atoms with van der Waals surface area (Å²) in [5.74, 6) is -0.916. The molecule has 1 aromatic carbocycles. The number of carbonyl (C=O) groups excluding carboxylic acids is 2. The number of hydrogen-bond acceptors (Lipinski definition) is 5. The van der Waals surface area contributed by atoms with Gasteiger partial charge in [0.05, 0.1) is 10.5 Å². The van der Waals surface area contributed by atoms with Crippen molar-refractivity contribution >= 4 is 23.5 Å². The first-order valence-corrected chi connectivity index (χ1v) is 6.33. The highest BCUT2D eigenvalue weighted by atomic mass is 16.6. The molecule has 0 N–H and O–H groups in total. The quantitative estimate of drug-likeness (QED) is 0.360. The lowest BCUT2D eigenvalue weighted by Gasteiger charge is -2.15. The third-order valence-corrected chi connectivity index (χ3v) is 2.71. The molecule has 0 saturated heterocycles. The summed E-state index contributed by atoms with van der Waals surface area (Å²) < 4.78 is 4.81. The number of ether oxygens (including phenoxy) is 1. The van der Waals surface area contributed by atoms with Gasteiger partial charge >= 0.3 is 5.97 Å². The minimum absolute atomic E-state index is 0.104. The fraction of sp³-hybridized carbons (Fsp3) is 0.333. The lowest BCUT2D eigenvalue weighted by atomic mass is 9.91. The Morgan fingerprint density at radius 2 is 1.90 bits per heavy atom. The Balaban J connectivity index is 2.68. The van der Waals surface area contributed by atoms with Crippen molar-refractivity contribution in [2.24, 2.45) is 5.41 Å². The molecule has 21 heavy (non-hydrogen) atoms. The van der Waals surface area contributed by atoms with Gasteiger partial charge in [-0.05, 0) is 12.1 Å². The summed E-state index contributed by atoms with van der Waals surface area (Å²) in [7, 11) is 0. The summed E-state index contributed by atoms with van der Waals surface area (Å²) in [6.07, 6.45) is 2.36. The number of nitro benzene ring substituents is 1. The van der Waals surface area contributed by atoms with Crippen molar-refractivity contribution in [1.29, 1.82) is 0 Å². The second-order valence-electron chi connectivity index (χ2n) is 5.43. The molecule has 6 nitrogen and oxygen atoms in total. The van der Waals surface area contributed by atoms with Gasteiger partial charge in [0.25, 0.3) is 5.69 Å². The maximum absolute atomic E-state index is 11.6. The first-order valence-electron chi connectivity index (χ1n) is 6.33. The van der Waals surface area contributed by atoms with Gasteiger partial charge in [0.15, 0.2) is 12.4 Å². The number of nitrogens with zero attached hydrogens (tertiary/aromatic N) is 1. The molecule has 0 bridgehead atoms. The molecule has 0 aliphatic carbocycles. The molecule has 6 heteroatoms. The van der Waals surface area contributed by atoms with E-state index in [9.17, 15) is 19.7 Å². The van der Waals surface area contributed by atoms with Crippen LogP contribution in [0, 0.1) is 15.5 Å². The molecule has 0 spiro atoms. The van der Waals surface area contributed by atoms with E-state index >= 15 is 0 Å². The molecule has 0 aliphatic rings. The predicted octanol–water partition coefficient (Wildman–Crippen LogP) is 2.77. The number of esters is 1. The van der Waals surface area contributed by atoms with Crippen LogP contribution in [0.1, 0.15) is 26.3 Å². The zero-order valence-corrected chi connectivity index (χ0v) is 12.2. The number of carbonyl (C=O) groups is 2. The molecule has 0 saturated carbocycles. The van der Waals surface area contributed by atoms with Gasteiger partial charge in [0.1, 0.15) is 0 Å². The molecule has 112 valence electrons. The van der Waals surface area contributed by atoms with Crippen molar-refractivity contribution in [3.63, 3.8) is 0 Å². The predicted molar refractivity (Wildman–Crippen MR) is 77.6 cm³/mol. The number of para-hydroxylation sites is 1. The largest absolute Gasteiger partial charge is 0.455 e. The van der Waals surface area contributed by atoms with E-state index in [-0.39, 0.29) is 18.1 Å². The molecule has 0 unspecified atom stereocenters. The van der Waals surface area contributed by atoms with Crippen LogP contribution in [0.3, 0.4) is 0 Å². The molecule has 0 atom stereocenters. The van der Waals surface area contributed by atoms with Crippen molar-refractivity contribution in [3.05, 3.63) is 46.0 Å². The third-order valence-electron chi connectivity index (χ3n) is 2.71. The molecule has 0 fully saturated rings. The van der Waals surface area contributed by atoms with E-state index in [0.29, 0.717) is 5.56 Å². The van der Waals surface area contributed by atoms with Gasteiger partial charge in [-0.15, -0.1) is 0 Å². The molecule has 0 aliphatic heterocycles. The maximum Gasteiger partial charge on any atom is 0.331 e. The fourth-order valence-electron chi connectivity index (χ4n) is 1.35. The number of nitro groups is 1. The fourth-order valence-corrected chi connectivity index (χ4v) is 1.35. The average molecular weight is 291 g/mol. The number of ketones is 1. The Kier molecular flexibility index (Phi) is 5.35. The molecule has 1 aromatic rings. The summed E-state index contributed by atoms with van der Waals surface area (Å²) >= 11 is 0.